The van der Waals surface area contributed by atoms with Gasteiger partial charge in [0.15, 0.2) is 0 Å². The Hall–Kier alpha value is -1.45. The molecule has 3 amide bonds. The van der Waals surface area contributed by atoms with Crippen LogP contribution in [0, 0.1) is 0 Å². The maximum absolute atomic E-state index is 12.5. The molecule has 46 heavy (non-hydrogen) atoms. The molecular weight excluding hydrogens is 648 g/mol. The Morgan fingerprint density at radius 2 is 1.11 bits per heavy atom. The van der Waals surface area contributed by atoms with Crippen molar-refractivity contribution in [2.45, 2.75) is 97.4 Å². The number of phosphoric acid groups is 2. The molecule has 0 aliphatic carbocycles. The highest BCUT2D eigenvalue weighted by atomic mass is 31.2. The number of hydrogen-bond acceptors (Lipinski definition) is 11. The van der Waals surface area contributed by atoms with Crippen molar-refractivity contribution in [3.63, 3.8) is 0 Å². The van der Waals surface area contributed by atoms with Gasteiger partial charge in [-0.15, -0.1) is 0 Å². The lowest BCUT2D eigenvalue weighted by molar-refractivity contribution is -0.128. The van der Waals surface area contributed by atoms with E-state index in [1.54, 1.807) is 6.92 Å². The summed E-state index contributed by atoms with van der Waals surface area (Å²) in [7, 11) is -8.29. The SMILES string of the molecule is CCCCCOP(=O)(O)OCCOCCOCCOP(=O)(O)OCCCCCCNC(=O)[C@H](CCCCNC(=O)CC)NC(C)=O. The maximum atomic E-state index is 12.5. The van der Waals surface area contributed by atoms with Gasteiger partial charge in [0.25, 0.3) is 0 Å². The predicted octanol–water partition coefficient (Wildman–Crippen LogP) is 3.35. The lowest BCUT2D eigenvalue weighted by Gasteiger charge is -2.17. The van der Waals surface area contributed by atoms with Crippen molar-refractivity contribution >= 4 is 33.4 Å². The van der Waals surface area contributed by atoms with Gasteiger partial charge in [-0.2, -0.15) is 0 Å². The van der Waals surface area contributed by atoms with Crippen molar-refractivity contribution in [3.8, 4) is 0 Å². The first-order valence-corrected chi connectivity index (χ1v) is 19.1. The van der Waals surface area contributed by atoms with Crippen molar-refractivity contribution in [1.82, 2.24) is 16.0 Å². The molecule has 0 saturated heterocycles. The maximum Gasteiger partial charge on any atom is 0.472 e. The number of unbranched alkanes of at least 4 members (excludes halogenated alkanes) is 6. The molecule has 272 valence electrons. The fraction of sp³-hybridized carbons (Fsp3) is 0.893. The quantitative estimate of drug-likeness (QED) is 0.0502. The topological polar surface area (TPSA) is 217 Å². The standard InChI is InChI=1S/C28H57N3O13P2/c1-4-6-12-17-41-45(35,36)43-23-21-39-19-20-40-22-24-44-46(37,38)42-18-13-8-7-10-16-30-28(34)26(31-25(3)32)14-9-11-15-29-27(33)5-2/h26H,4-24H2,1-3H3,(H,29,33)(H,30,34)(H,31,32)(H,35,36)(H,37,38)/t26-/m0/s1. The van der Waals surface area contributed by atoms with Gasteiger partial charge >= 0.3 is 15.6 Å². The van der Waals surface area contributed by atoms with Crippen molar-refractivity contribution < 1.29 is 60.9 Å². The second-order valence-electron chi connectivity index (χ2n) is 10.4. The van der Waals surface area contributed by atoms with Crippen LogP contribution in [0.1, 0.15) is 91.4 Å². The molecule has 0 rings (SSSR count). The zero-order valence-corrected chi connectivity index (χ0v) is 29.5. The molecule has 0 spiro atoms. The minimum absolute atomic E-state index is 0.0220. The summed E-state index contributed by atoms with van der Waals surface area (Å²) in [4.78, 5) is 54.5. The molecule has 0 aliphatic rings. The number of hydrogen-bond donors (Lipinski definition) is 5. The summed E-state index contributed by atoms with van der Waals surface area (Å²) in [5.41, 5.74) is 0. The van der Waals surface area contributed by atoms with Crippen LogP contribution in [0.3, 0.4) is 0 Å². The van der Waals surface area contributed by atoms with Gasteiger partial charge in [0, 0.05) is 26.4 Å². The summed E-state index contributed by atoms with van der Waals surface area (Å²) in [6.07, 6.45) is 7.52. The lowest BCUT2D eigenvalue weighted by Crippen LogP contribution is -2.46. The van der Waals surface area contributed by atoms with Crippen LogP contribution in [0.2, 0.25) is 0 Å². The molecule has 18 heteroatoms. The first-order chi connectivity index (χ1) is 21.9. The normalized spacial score (nSPS) is 14.6. The Morgan fingerprint density at radius 3 is 1.65 bits per heavy atom. The summed E-state index contributed by atoms with van der Waals surface area (Å²) >= 11 is 0. The highest BCUT2D eigenvalue weighted by Gasteiger charge is 2.21. The molecule has 0 aromatic rings. The van der Waals surface area contributed by atoms with E-state index in [-0.39, 0.29) is 70.6 Å². The van der Waals surface area contributed by atoms with Gasteiger partial charge in [0.1, 0.15) is 6.04 Å². The molecule has 5 N–H and O–H groups in total. The highest BCUT2D eigenvalue weighted by Crippen LogP contribution is 2.43. The third-order valence-corrected chi connectivity index (χ3v) is 8.26. The van der Waals surface area contributed by atoms with Crippen molar-refractivity contribution in [2.75, 3.05) is 65.9 Å². The van der Waals surface area contributed by atoms with E-state index in [9.17, 15) is 33.3 Å². The number of amides is 3. The zero-order chi connectivity index (χ0) is 34.5. The molecular formula is C28H57N3O13P2. The van der Waals surface area contributed by atoms with Gasteiger partial charge in [-0.25, -0.2) is 9.13 Å². The largest absolute Gasteiger partial charge is 0.472 e. The Balaban J connectivity index is 3.80. The first-order valence-electron chi connectivity index (χ1n) is 16.1. The summed E-state index contributed by atoms with van der Waals surface area (Å²) in [6.45, 7) is 6.50. The van der Waals surface area contributed by atoms with Crippen LogP contribution < -0.4 is 16.0 Å². The van der Waals surface area contributed by atoms with E-state index >= 15 is 0 Å². The second kappa shape index (κ2) is 28.6. The molecule has 0 saturated carbocycles. The van der Waals surface area contributed by atoms with Crippen LogP contribution in [0.4, 0.5) is 0 Å². The Morgan fingerprint density at radius 1 is 0.630 bits per heavy atom. The van der Waals surface area contributed by atoms with Crippen LogP contribution in [0.5, 0.6) is 0 Å². The number of nitrogens with one attached hydrogen (secondary N) is 3. The number of rotatable bonds is 32. The van der Waals surface area contributed by atoms with Gasteiger partial charge < -0.3 is 35.2 Å². The van der Waals surface area contributed by atoms with Crippen molar-refractivity contribution in [2.24, 2.45) is 0 Å². The van der Waals surface area contributed by atoms with E-state index < -0.39 is 21.7 Å². The Bertz CT molecular complexity index is 914. The van der Waals surface area contributed by atoms with Crippen molar-refractivity contribution in [1.29, 1.82) is 0 Å². The van der Waals surface area contributed by atoms with Gasteiger partial charge in [0.05, 0.1) is 52.9 Å². The van der Waals surface area contributed by atoms with Gasteiger partial charge in [0.2, 0.25) is 17.7 Å². The van der Waals surface area contributed by atoms with E-state index in [1.165, 1.54) is 6.92 Å². The molecule has 16 nitrogen and oxygen atoms in total. The summed E-state index contributed by atoms with van der Waals surface area (Å²) in [6, 6.07) is -0.633. The average molecular weight is 706 g/mol. The number of ether oxygens (including phenoxy) is 2. The second-order valence-corrected chi connectivity index (χ2v) is 13.3. The zero-order valence-electron chi connectivity index (χ0n) is 27.7. The van der Waals surface area contributed by atoms with Gasteiger partial charge in [-0.1, -0.05) is 39.5 Å². The van der Waals surface area contributed by atoms with Gasteiger partial charge in [-0.05, 0) is 38.5 Å². The summed E-state index contributed by atoms with van der Waals surface area (Å²) < 4.78 is 53.6. The van der Waals surface area contributed by atoms with E-state index in [2.05, 4.69) is 16.0 Å². The summed E-state index contributed by atoms with van der Waals surface area (Å²) in [5.74, 6) is -0.565. The summed E-state index contributed by atoms with van der Waals surface area (Å²) in [5, 5.41) is 8.27. The molecule has 0 aromatic carbocycles. The number of carbonyl (C=O) groups excluding carboxylic acids is 3. The van der Waals surface area contributed by atoms with Crippen LogP contribution in [-0.2, 0) is 51.1 Å². The molecule has 0 heterocycles. The van der Waals surface area contributed by atoms with E-state index in [0.29, 0.717) is 64.5 Å². The van der Waals surface area contributed by atoms with Crippen LogP contribution in [0.15, 0.2) is 0 Å². The average Bonchev–Trinajstić information content (AvgIpc) is 3.00. The van der Waals surface area contributed by atoms with E-state index in [4.69, 9.17) is 27.6 Å². The molecule has 2 unspecified atom stereocenters. The molecule has 0 radical (unpaired) electrons. The molecule has 0 bridgehead atoms. The number of phosphoric ester groups is 2. The molecule has 3 atom stereocenters. The van der Waals surface area contributed by atoms with E-state index in [0.717, 1.165) is 19.3 Å². The highest BCUT2D eigenvalue weighted by molar-refractivity contribution is 7.47. The monoisotopic (exact) mass is 705 g/mol. The van der Waals surface area contributed by atoms with Crippen LogP contribution in [0.25, 0.3) is 0 Å². The van der Waals surface area contributed by atoms with E-state index in [1.807, 2.05) is 6.92 Å². The minimum atomic E-state index is -4.21. The van der Waals surface area contributed by atoms with Crippen molar-refractivity contribution in [3.05, 3.63) is 0 Å². The predicted molar refractivity (Wildman–Crippen MR) is 171 cm³/mol. The third-order valence-electron chi connectivity index (χ3n) is 6.22. The Kier molecular flexibility index (Phi) is 27.7. The fourth-order valence-corrected chi connectivity index (χ4v) is 5.27. The lowest BCUT2D eigenvalue weighted by atomic mass is 10.1. The first kappa shape index (κ1) is 44.5. The molecule has 0 fully saturated rings. The fourth-order valence-electron chi connectivity index (χ4n) is 3.79. The van der Waals surface area contributed by atoms with Crippen LogP contribution >= 0.6 is 15.6 Å². The molecule has 0 aromatic heterocycles. The number of carbonyl (C=O) groups is 3. The van der Waals surface area contributed by atoms with Crippen LogP contribution in [-0.4, -0.2) is 99.5 Å². The minimum Gasteiger partial charge on any atom is -0.377 e. The molecule has 0 aliphatic heterocycles. The third kappa shape index (κ3) is 28.7. The Labute approximate surface area is 273 Å². The smallest absolute Gasteiger partial charge is 0.377 e. The van der Waals surface area contributed by atoms with Gasteiger partial charge in [-0.3, -0.25) is 32.5 Å².